The molecule has 3 aromatic rings. The Bertz CT molecular complexity index is 997. The molecule has 3 N–H and O–H groups in total. The van der Waals surface area contributed by atoms with Crippen molar-refractivity contribution in [3.63, 3.8) is 0 Å². The Kier molecular flexibility index (Phi) is 8.10. The Hall–Kier alpha value is -3.52. The molecule has 3 rings (SSSR count). The third-order valence-electron chi connectivity index (χ3n) is 4.97. The molecule has 0 saturated carbocycles. The Morgan fingerprint density at radius 1 is 1.16 bits per heavy atom. The van der Waals surface area contributed by atoms with E-state index in [2.05, 4.69) is 20.3 Å². The lowest BCUT2D eigenvalue weighted by Crippen LogP contribution is -2.39. The van der Waals surface area contributed by atoms with Gasteiger partial charge in [0.2, 0.25) is 0 Å². The summed E-state index contributed by atoms with van der Waals surface area (Å²) in [6, 6.07) is 15.4. The van der Waals surface area contributed by atoms with E-state index in [9.17, 15) is 5.11 Å². The highest BCUT2D eigenvalue weighted by atomic mass is 16.5. The van der Waals surface area contributed by atoms with Gasteiger partial charge in [0.25, 0.3) is 0 Å². The van der Waals surface area contributed by atoms with Crippen LogP contribution in [0.1, 0.15) is 24.4 Å². The number of aliphatic hydroxyl groups is 1. The zero-order valence-corrected chi connectivity index (χ0v) is 19.0. The topological polar surface area (TPSA) is 95.0 Å². The van der Waals surface area contributed by atoms with Gasteiger partial charge in [-0.2, -0.15) is 0 Å². The SMILES string of the molecule is CCNC(=NCC(O)c1cc(OC)cc(OC)c1)N(C)Cc1ncc(-c2ccccc2)[nH]1. The molecule has 0 amide bonds. The number of aliphatic imine (C=N–C) groups is 1. The van der Waals surface area contributed by atoms with Gasteiger partial charge in [0.15, 0.2) is 5.96 Å². The highest BCUT2D eigenvalue weighted by molar-refractivity contribution is 5.79. The van der Waals surface area contributed by atoms with Crippen molar-refractivity contribution < 1.29 is 14.6 Å². The molecule has 0 aliphatic heterocycles. The summed E-state index contributed by atoms with van der Waals surface area (Å²) in [5.74, 6) is 2.76. The van der Waals surface area contributed by atoms with Gasteiger partial charge in [-0.05, 0) is 30.2 Å². The van der Waals surface area contributed by atoms with Gasteiger partial charge in [0.05, 0.1) is 45.3 Å². The summed E-state index contributed by atoms with van der Waals surface area (Å²) in [6.07, 6.45) is 1.04. The van der Waals surface area contributed by atoms with E-state index >= 15 is 0 Å². The number of aromatic amines is 1. The lowest BCUT2D eigenvalue weighted by atomic mass is 10.1. The second-order valence-corrected chi connectivity index (χ2v) is 7.32. The van der Waals surface area contributed by atoms with Crippen molar-refractivity contribution in [2.45, 2.75) is 19.6 Å². The highest BCUT2D eigenvalue weighted by Gasteiger charge is 2.14. The lowest BCUT2D eigenvalue weighted by molar-refractivity contribution is 0.185. The Morgan fingerprint density at radius 2 is 1.84 bits per heavy atom. The van der Waals surface area contributed by atoms with E-state index in [1.807, 2.05) is 55.4 Å². The number of aliphatic hydroxyl groups excluding tert-OH is 1. The first kappa shape index (κ1) is 23.1. The van der Waals surface area contributed by atoms with E-state index in [4.69, 9.17) is 9.47 Å². The molecule has 1 heterocycles. The van der Waals surface area contributed by atoms with Crippen molar-refractivity contribution in [1.82, 2.24) is 20.2 Å². The predicted octanol–water partition coefficient (Wildman–Crippen LogP) is 3.22. The maximum atomic E-state index is 10.7. The van der Waals surface area contributed by atoms with Crippen LogP contribution in [0, 0.1) is 0 Å². The van der Waals surface area contributed by atoms with Crippen LogP contribution in [0.5, 0.6) is 11.5 Å². The van der Waals surface area contributed by atoms with Crippen molar-refractivity contribution in [3.05, 3.63) is 66.1 Å². The second kappa shape index (κ2) is 11.2. The number of ether oxygens (including phenoxy) is 2. The summed E-state index contributed by atoms with van der Waals surface area (Å²) in [6.45, 7) is 3.45. The van der Waals surface area contributed by atoms with Crippen molar-refractivity contribution in [2.75, 3.05) is 34.4 Å². The van der Waals surface area contributed by atoms with Crippen LogP contribution in [0.2, 0.25) is 0 Å². The van der Waals surface area contributed by atoms with Crippen LogP contribution in [-0.2, 0) is 6.54 Å². The third-order valence-corrected chi connectivity index (χ3v) is 4.97. The summed E-state index contributed by atoms with van der Waals surface area (Å²) in [5, 5.41) is 14.0. The minimum absolute atomic E-state index is 0.191. The summed E-state index contributed by atoms with van der Waals surface area (Å²) in [4.78, 5) is 14.4. The fourth-order valence-corrected chi connectivity index (χ4v) is 3.28. The molecular weight excluding hydrogens is 406 g/mol. The van der Waals surface area contributed by atoms with Gasteiger partial charge in [0.1, 0.15) is 17.3 Å². The molecule has 1 atom stereocenters. The minimum Gasteiger partial charge on any atom is -0.497 e. The summed E-state index contributed by atoms with van der Waals surface area (Å²) < 4.78 is 10.6. The zero-order valence-electron chi connectivity index (χ0n) is 19.0. The largest absolute Gasteiger partial charge is 0.497 e. The van der Waals surface area contributed by atoms with Gasteiger partial charge < -0.3 is 29.8 Å². The molecule has 32 heavy (non-hydrogen) atoms. The zero-order chi connectivity index (χ0) is 22.9. The molecule has 1 aromatic heterocycles. The fourth-order valence-electron chi connectivity index (χ4n) is 3.28. The van der Waals surface area contributed by atoms with E-state index in [1.54, 1.807) is 32.4 Å². The molecule has 170 valence electrons. The smallest absolute Gasteiger partial charge is 0.194 e. The average Bonchev–Trinajstić information content (AvgIpc) is 3.30. The van der Waals surface area contributed by atoms with Crippen LogP contribution in [0.25, 0.3) is 11.3 Å². The van der Waals surface area contributed by atoms with Crippen LogP contribution in [0.15, 0.2) is 59.7 Å². The molecule has 0 bridgehead atoms. The normalized spacial score (nSPS) is 12.3. The van der Waals surface area contributed by atoms with E-state index in [0.717, 1.165) is 17.1 Å². The molecule has 8 nitrogen and oxygen atoms in total. The van der Waals surface area contributed by atoms with Crippen molar-refractivity contribution in [2.24, 2.45) is 4.99 Å². The van der Waals surface area contributed by atoms with Crippen LogP contribution < -0.4 is 14.8 Å². The van der Waals surface area contributed by atoms with Crippen LogP contribution in [0.4, 0.5) is 0 Å². The number of imidazole rings is 1. The molecular formula is C24H31N5O3. The number of nitrogens with one attached hydrogen (secondary N) is 2. The number of nitrogens with zero attached hydrogens (tertiary/aromatic N) is 3. The van der Waals surface area contributed by atoms with E-state index in [1.165, 1.54) is 0 Å². The molecule has 0 spiro atoms. The van der Waals surface area contributed by atoms with E-state index in [-0.39, 0.29) is 6.54 Å². The maximum absolute atomic E-state index is 10.7. The van der Waals surface area contributed by atoms with Crippen LogP contribution >= 0.6 is 0 Å². The van der Waals surface area contributed by atoms with E-state index in [0.29, 0.717) is 36.1 Å². The van der Waals surface area contributed by atoms with Gasteiger partial charge in [0, 0.05) is 19.7 Å². The first-order chi connectivity index (χ1) is 15.5. The van der Waals surface area contributed by atoms with Gasteiger partial charge in [-0.3, -0.25) is 4.99 Å². The van der Waals surface area contributed by atoms with Crippen molar-refractivity contribution in [1.29, 1.82) is 0 Å². The van der Waals surface area contributed by atoms with Crippen LogP contribution in [-0.4, -0.2) is 60.3 Å². The first-order valence-corrected chi connectivity index (χ1v) is 10.5. The van der Waals surface area contributed by atoms with Crippen molar-refractivity contribution >= 4 is 5.96 Å². The number of guanidine groups is 1. The number of rotatable bonds is 9. The Balaban J connectivity index is 1.69. The second-order valence-electron chi connectivity index (χ2n) is 7.32. The average molecular weight is 438 g/mol. The number of hydrogen-bond acceptors (Lipinski definition) is 5. The number of hydrogen-bond donors (Lipinski definition) is 3. The van der Waals surface area contributed by atoms with Gasteiger partial charge in [-0.25, -0.2) is 4.98 Å². The molecule has 8 heteroatoms. The Labute approximate surface area is 188 Å². The first-order valence-electron chi connectivity index (χ1n) is 10.5. The molecule has 0 radical (unpaired) electrons. The maximum Gasteiger partial charge on any atom is 0.194 e. The molecule has 2 aromatic carbocycles. The third kappa shape index (κ3) is 6.01. The summed E-state index contributed by atoms with van der Waals surface area (Å²) >= 11 is 0. The lowest BCUT2D eigenvalue weighted by Gasteiger charge is -2.21. The standard InChI is InChI=1S/C24H31N5O3/c1-5-25-24(27-15-22(30)18-11-19(31-3)13-20(12-18)32-4)29(2)16-23-26-14-21(28-23)17-9-7-6-8-10-17/h6-14,22,30H,5,15-16H2,1-4H3,(H,25,27)(H,26,28). The number of H-pyrrole nitrogens is 1. The predicted molar refractivity (Wildman–Crippen MR) is 126 cm³/mol. The molecule has 0 aliphatic carbocycles. The molecule has 1 unspecified atom stereocenters. The molecule has 0 fully saturated rings. The molecule has 0 saturated heterocycles. The Morgan fingerprint density at radius 3 is 2.47 bits per heavy atom. The van der Waals surface area contributed by atoms with Crippen LogP contribution in [0.3, 0.4) is 0 Å². The minimum atomic E-state index is -0.797. The van der Waals surface area contributed by atoms with E-state index < -0.39 is 6.10 Å². The molecule has 0 aliphatic rings. The summed E-state index contributed by atoms with van der Waals surface area (Å²) in [7, 11) is 5.10. The summed E-state index contributed by atoms with van der Waals surface area (Å²) in [5.41, 5.74) is 2.74. The van der Waals surface area contributed by atoms with Gasteiger partial charge >= 0.3 is 0 Å². The number of methoxy groups -OCH3 is 2. The number of benzene rings is 2. The quantitative estimate of drug-likeness (QED) is 0.351. The monoisotopic (exact) mass is 437 g/mol. The highest BCUT2D eigenvalue weighted by Crippen LogP contribution is 2.26. The van der Waals surface area contributed by atoms with Gasteiger partial charge in [-0.15, -0.1) is 0 Å². The van der Waals surface area contributed by atoms with Crippen molar-refractivity contribution in [3.8, 4) is 22.8 Å². The number of aromatic nitrogens is 2. The fraction of sp³-hybridized carbons (Fsp3) is 0.333. The van der Waals surface area contributed by atoms with Gasteiger partial charge in [-0.1, -0.05) is 30.3 Å².